The lowest BCUT2D eigenvalue weighted by Gasteiger charge is -2.13. The zero-order valence-corrected chi connectivity index (χ0v) is 16.1. The second-order valence-corrected chi connectivity index (χ2v) is 6.29. The average molecular weight is 398 g/mol. The summed E-state index contributed by atoms with van der Waals surface area (Å²) in [5.41, 5.74) is 3.50. The number of amides is 1. The summed E-state index contributed by atoms with van der Waals surface area (Å²) >= 11 is 0. The van der Waals surface area contributed by atoms with Crippen molar-refractivity contribution in [3.8, 4) is 11.5 Å². The van der Waals surface area contributed by atoms with Gasteiger partial charge in [0.2, 0.25) is 0 Å². The Morgan fingerprint density at radius 2 is 2.03 bits per heavy atom. The number of aryl methyl sites for hydroxylation is 1. The number of nitrogens with one attached hydrogen (secondary N) is 1. The van der Waals surface area contributed by atoms with Crippen LogP contribution in [0.3, 0.4) is 0 Å². The van der Waals surface area contributed by atoms with Crippen LogP contribution in [0.1, 0.15) is 18.1 Å². The molecule has 0 spiro atoms. The minimum Gasteiger partial charge on any atom is -0.494 e. The average Bonchev–Trinajstić information content (AvgIpc) is 2.67. The van der Waals surface area contributed by atoms with E-state index in [2.05, 4.69) is 10.5 Å². The summed E-state index contributed by atoms with van der Waals surface area (Å²) < 4.78 is 29.2. The zero-order chi connectivity index (χ0) is 21.0. The number of benzene rings is 2. The molecular formula is C21H19FN2O5. The molecule has 0 aliphatic carbocycles. The Bertz CT molecular complexity index is 1140. The van der Waals surface area contributed by atoms with E-state index < -0.39 is 23.5 Å². The standard InChI is InChI=1S/C21H19FN2O5/c1-12-8-20(25)29-19-10-15(5-6-16(12)19)28-13(2)21(26)24-23-11-14-4-7-18(27-3)17(22)9-14/h4-11,13H,1-3H3,(H,24,26)/b23-11-/t13-/m1/s1. The van der Waals surface area contributed by atoms with Crippen molar-refractivity contribution in [2.75, 3.05) is 7.11 Å². The molecule has 1 N–H and O–H groups in total. The summed E-state index contributed by atoms with van der Waals surface area (Å²) in [6.45, 7) is 3.36. The van der Waals surface area contributed by atoms with Gasteiger partial charge in [-0.25, -0.2) is 14.6 Å². The van der Waals surface area contributed by atoms with Crippen molar-refractivity contribution in [2.24, 2.45) is 5.10 Å². The molecule has 8 heteroatoms. The maximum Gasteiger partial charge on any atom is 0.336 e. The van der Waals surface area contributed by atoms with Crippen LogP contribution in [0.4, 0.5) is 4.39 Å². The van der Waals surface area contributed by atoms with E-state index in [9.17, 15) is 14.0 Å². The second-order valence-electron chi connectivity index (χ2n) is 6.29. The van der Waals surface area contributed by atoms with Gasteiger partial charge < -0.3 is 13.9 Å². The SMILES string of the molecule is COc1ccc(/C=N\NC(=O)[C@@H](C)Oc2ccc3c(C)cc(=O)oc3c2)cc1F. The van der Waals surface area contributed by atoms with E-state index in [1.54, 1.807) is 31.2 Å². The van der Waals surface area contributed by atoms with Crippen LogP contribution in [0.25, 0.3) is 11.0 Å². The molecule has 0 radical (unpaired) electrons. The molecule has 1 heterocycles. The number of rotatable bonds is 6. The van der Waals surface area contributed by atoms with Crippen molar-refractivity contribution >= 4 is 23.1 Å². The van der Waals surface area contributed by atoms with Gasteiger partial charge >= 0.3 is 5.63 Å². The minimum absolute atomic E-state index is 0.120. The Hall–Kier alpha value is -3.68. The second kappa shape index (κ2) is 8.55. The number of hydrogen-bond acceptors (Lipinski definition) is 6. The van der Waals surface area contributed by atoms with Crippen molar-refractivity contribution in [1.82, 2.24) is 5.43 Å². The third-order valence-electron chi connectivity index (χ3n) is 4.17. The Morgan fingerprint density at radius 3 is 2.76 bits per heavy atom. The summed E-state index contributed by atoms with van der Waals surface area (Å²) in [5.74, 6) is -0.538. The minimum atomic E-state index is -0.867. The normalized spacial score (nSPS) is 12.1. The number of carbonyl (C=O) groups is 1. The third kappa shape index (κ3) is 4.78. The van der Waals surface area contributed by atoms with E-state index in [1.165, 1.54) is 31.5 Å². The molecule has 1 aromatic heterocycles. The summed E-state index contributed by atoms with van der Waals surface area (Å²) in [5, 5.41) is 4.58. The van der Waals surface area contributed by atoms with Crippen LogP contribution < -0.4 is 20.5 Å². The zero-order valence-electron chi connectivity index (χ0n) is 16.1. The first-order valence-electron chi connectivity index (χ1n) is 8.75. The summed E-state index contributed by atoms with van der Waals surface area (Å²) in [7, 11) is 1.37. The van der Waals surface area contributed by atoms with Crippen molar-refractivity contribution in [3.63, 3.8) is 0 Å². The first-order chi connectivity index (χ1) is 13.9. The van der Waals surface area contributed by atoms with Crippen LogP contribution in [-0.4, -0.2) is 25.3 Å². The molecule has 1 amide bonds. The molecule has 0 bridgehead atoms. The highest BCUT2D eigenvalue weighted by Crippen LogP contribution is 2.23. The topological polar surface area (TPSA) is 90.1 Å². The van der Waals surface area contributed by atoms with Crippen LogP contribution in [0, 0.1) is 12.7 Å². The molecule has 150 valence electrons. The van der Waals surface area contributed by atoms with Crippen LogP contribution >= 0.6 is 0 Å². The lowest BCUT2D eigenvalue weighted by molar-refractivity contribution is -0.127. The Kier molecular flexibility index (Phi) is 5.92. The van der Waals surface area contributed by atoms with Gasteiger partial charge in [-0.15, -0.1) is 0 Å². The number of hydrogen-bond donors (Lipinski definition) is 1. The Morgan fingerprint density at radius 1 is 1.24 bits per heavy atom. The van der Waals surface area contributed by atoms with E-state index in [0.717, 1.165) is 10.9 Å². The number of methoxy groups -OCH3 is 1. The quantitative estimate of drug-likeness (QED) is 0.391. The molecule has 0 unspecified atom stereocenters. The molecular weight excluding hydrogens is 379 g/mol. The number of hydrazone groups is 1. The smallest absolute Gasteiger partial charge is 0.336 e. The van der Waals surface area contributed by atoms with Gasteiger partial charge in [0.05, 0.1) is 13.3 Å². The first kappa shape index (κ1) is 20.1. The first-order valence-corrected chi connectivity index (χ1v) is 8.75. The highest BCUT2D eigenvalue weighted by atomic mass is 19.1. The summed E-state index contributed by atoms with van der Waals surface area (Å²) in [6.07, 6.45) is 0.439. The van der Waals surface area contributed by atoms with Crippen molar-refractivity contribution in [1.29, 1.82) is 0 Å². The molecule has 0 saturated carbocycles. The molecule has 0 aliphatic rings. The molecule has 1 atom stereocenters. The van der Waals surface area contributed by atoms with E-state index in [1.807, 2.05) is 6.92 Å². The van der Waals surface area contributed by atoms with Crippen molar-refractivity contribution < 1.29 is 23.1 Å². The largest absolute Gasteiger partial charge is 0.494 e. The Balaban J connectivity index is 1.64. The van der Waals surface area contributed by atoms with E-state index in [-0.39, 0.29) is 5.75 Å². The predicted molar refractivity (Wildman–Crippen MR) is 106 cm³/mol. The number of carbonyl (C=O) groups excluding carboxylic acids is 1. The van der Waals surface area contributed by atoms with Gasteiger partial charge in [-0.1, -0.05) is 0 Å². The molecule has 0 fully saturated rings. The number of ether oxygens (including phenoxy) is 2. The Labute approximate surface area is 165 Å². The molecule has 2 aromatic carbocycles. The van der Waals surface area contributed by atoms with Gasteiger partial charge in [0.25, 0.3) is 5.91 Å². The monoisotopic (exact) mass is 398 g/mol. The fourth-order valence-corrected chi connectivity index (χ4v) is 2.66. The molecule has 7 nitrogen and oxygen atoms in total. The van der Waals surface area contributed by atoms with E-state index in [0.29, 0.717) is 16.9 Å². The molecule has 3 aromatic rings. The maximum absolute atomic E-state index is 13.6. The lowest BCUT2D eigenvalue weighted by atomic mass is 10.1. The fraction of sp³-hybridized carbons (Fsp3) is 0.190. The maximum atomic E-state index is 13.6. The summed E-state index contributed by atoms with van der Waals surface area (Å²) in [6, 6.07) is 10.7. The molecule has 0 aliphatic heterocycles. The van der Waals surface area contributed by atoms with Gasteiger partial charge in [0.15, 0.2) is 17.7 Å². The van der Waals surface area contributed by atoms with Gasteiger partial charge in [0.1, 0.15) is 11.3 Å². The van der Waals surface area contributed by atoms with Crippen LogP contribution in [0.5, 0.6) is 11.5 Å². The van der Waals surface area contributed by atoms with E-state index in [4.69, 9.17) is 13.9 Å². The fourth-order valence-electron chi connectivity index (χ4n) is 2.66. The predicted octanol–water partition coefficient (Wildman–Crippen LogP) is 3.17. The lowest BCUT2D eigenvalue weighted by Crippen LogP contribution is -2.33. The van der Waals surface area contributed by atoms with Crippen LogP contribution in [0.15, 0.2) is 56.8 Å². The number of nitrogens with zero attached hydrogens (tertiary/aromatic N) is 1. The molecule has 0 saturated heterocycles. The van der Waals surface area contributed by atoms with E-state index >= 15 is 0 Å². The summed E-state index contributed by atoms with van der Waals surface area (Å²) in [4.78, 5) is 23.7. The van der Waals surface area contributed by atoms with Gasteiger partial charge in [-0.2, -0.15) is 5.10 Å². The van der Waals surface area contributed by atoms with Crippen LogP contribution in [0.2, 0.25) is 0 Å². The molecule has 3 rings (SSSR count). The van der Waals surface area contributed by atoms with Gasteiger partial charge in [-0.3, -0.25) is 4.79 Å². The number of fused-ring (bicyclic) bond motifs is 1. The van der Waals surface area contributed by atoms with Gasteiger partial charge in [0, 0.05) is 17.5 Å². The van der Waals surface area contributed by atoms with Crippen molar-refractivity contribution in [2.45, 2.75) is 20.0 Å². The number of halogens is 1. The molecule has 29 heavy (non-hydrogen) atoms. The van der Waals surface area contributed by atoms with Gasteiger partial charge in [-0.05, 0) is 55.3 Å². The highest BCUT2D eigenvalue weighted by molar-refractivity contribution is 5.85. The van der Waals surface area contributed by atoms with Crippen molar-refractivity contribution in [3.05, 3.63) is 69.8 Å². The van der Waals surface area contributed by atoms with Crippen LogP contribution in [-0.2, 0) is 4.79 Å². The highest BCUT2D eigenvalue weighted by Gasteiger charge is 2.15. The third-order valence-corrected chi connectivity index (χ3v) is 4.17.